The number of carboxylic acid groups (broad SMARTS) is 1. The molecule has 1 saturated heterocycles. The number of nitrogens with two attached hydrogens (primary N) is 1. The van der Waals surface area contributed by atoms with E-state index in [-0.39, 0.29) is 5.92 Å². The molecule has 0 saturated carbocycles. The van der Waals surface area contributed by atoms with Crippen LogP contribution >= 0.6 is 0 Å². The maximum absolute atomic E-state index is 11.1. The highest BCUT2D eigenvalue weighted by molar-refractivity contribution is 6.08. The molecule has 0 aromatic heterocycles. The fraction of sp³-hybridized carbons (Fsp3) is 0.889. The number of hydrogen-bond donors (Lipinski definition) is 3. The van der Waals surface area contributed by atoms with Crippen LogP contribution in [0.5, 0.6) is 0 Å². The summed E-state index contributed by atoms with van der Waals surface area (Å²) in [6.07, 6.45) is 2.74. The van der Waals surface area contributed by atoms with Gasteiger partial charge in [0.15, 0.2) is 0 Å². The molecule has 1 fully saturated rings. The third kappa shape index (κ3) is 2.28. The lowest BCUT2D eigenvalue weighted by molar-refractivity contribution is -0.147. The SMILES string of the molecule is [B]CCCCC(N)(C(=O)O)C1CNC1. The normalized spacial score (nSPS) is 21.2. The van der Waals surface area contributed by atoms with Gasteiger partial charge < -0.3 is 16.2 Å². The monoisotopic (exact) mass is 196 g/mol. The highest BCUT2D eigenvalue weighted by Gasteiger charge is 2.44. The molecule has 14 heavy (non-hydrogen) atoms. The van der Waals surface area contributed by atoms with Crippen molar-refractivity contribution in [1.82, 2.24) is 5.32 Å². The van der Waals surface area contributed by atoms with Crippen molar-refractivity contribution in [3.05, 3.63) is 0 Å². The summed E-state index contributed by atoms with van der Waals surface area (Å²) in [4.78, 5) is 11.1. The Kier molecular flexibility index (Phi) is 3.95. The maximum Gasteiger partial charge on any atom is 0.324 e. The fourth-order valence-electron chi connectivity index (χ4n) is 1.70. The number of unbranched alkanes of at least 4 members (excludes halogenated alkanes) is 1. The van der Waals surface area contributed by atoms with Gasteiger partial charge in [0.25, 0.3) is 0 Å². The summed E-state index contributed by atoms with van der Waals surface area (Å²) in [6, 6.07) is 0. The standard InChI is InChI=1S/C9H17BN2O2/c10-4-2-1-3-9(11,8(13)14)7-5-12-6-7/h7,12H,1-6,11H2,(H,13,14). The maximum atomic E-state index is 11.1. The Bertz CT molecular complexity index is 209. The minimum absolute atomic E-state index is 0.0674. The topological polar surface area (TPSA) is 75.4 Å². The van der Waals surface area contributed by atoms with E-state index in [1.54, 1.807) is 0 Å². The van der Waals surface area contributed by atoms with Crippen molar-refractivity contribution in [2.24, 2.45) is 11.7 Å². The van der Waals surface area contributed by atoms with Gasteiger partial charge in [-0.15, -0.1) is 0 Å². The number of aliphatic carboxylic acids is 1. The lowest BCUT2D eigenvalue weighted by atomic mass is 9.77. The molecule has 0 amide bonds. The largest absolute Gasteiger partial charge is 0.480 e. The van der Waals surface area contributed by atoms with E-state index in [1.165, 1.54) is 0 Å². The van der Waals surface area contributed by atoms with Crippen molar-refractivity contribution >= 4 is 13.8 Å². The molecule has 0 spiro atoms. The lowest BCUT2D eigenvalue weighted by Crippen LogP contribution is -2.64. The van der Waals surface area contributed by atoms with Gasteiger partial charge in [0.05, 0.1) is 7.85 Å². The zero-order valence-electron chi connectivity index (χ0n) is 8.33. The fourth-order valence-corrected chi connectivity index (χ4v) is 1.70. The van der Waals surface area contributed by atoms with E-state index < -0.39 is 11.5 Å². The van der Waals surface area contributed by atoms with E-state index in [9.17, 15) is 4.79 Å². The summed E-state index contributed by atoms with van der Waals surface area (Å²) < 4.78 is 0. The van der Waals surface area contributed by atoms with Crippen molar-refractivity contribution in [1.29, 1.82) is 0 Å². The molecule has 2 radical (unpaired) electrons. The van der Waals surface area contributed by atoms with Crippen LogP contribution in [-0.2, 0) is 4.79 Å². The molecule has 1 rings (SSSR count). The molecule has 0 aromatic rings. The van der Waals surface area contributed by atoms with E-state index in [4.69, 9.17) is 18.7 Å². The third-order valence-electron chi connectivity index (χ3n) is 2.95. The van der Waals surface area contributed by atoms with Crippen molar-refractivity contribution < 1.29 is 9.90 Å². The van der Waals surface area contributed by atoms with Crippen LogP contribution in [-0.4, -0.2) is 37.6 Å². The van der Waals surface area contributed by atoms with Gasteiger partial charge in [-0.25, -0.2) is 0 Å². The van der Waals surface area contributed by atoms with E-state index in [1.807, 2.05) is 0 Å². The van der Waals surface area contributed by atoms with E-state index >= 15 is 0 Å². The summed E-state index contributed by atoms with van der Waals surface area (Å²) in [5, 5.41) is 12.1. The first kappa shape index (κ1) is 11.5. The molecule has 0 bridgehead atoms. The number of rotatable bonds is 6. The summed E-state index contributed by atoms with van der Waals surface area (Å²) in [6.45, 7) is 1.43. The summed E-state index contributed by atoms with van der Waals surface area (Å²) in [5.41, 5.74) is 4.85. The van der Waals surface area contributed by atoms with E-state index in [0.29, 0.717) is 25.8 Å². The van der Waals surface area contributed by atoms with Crippen LogP contribution in [0.1, 0.15) is 19.3 Å². The Hall–Kier alpha value is -0.545. The van der Waals surface area contributed by atoms with Gasteiger partial charge in [0.2, 0.25) is 0 Å². The summed E-state index contributed by atoms with van der Waals surface area (Å²) in [5.74, 6) is -0.821. The van der Waals surface area contributed by atoms with Crippen molar-refractivity contribution in [3.8, 4) is 0 Å². The van der Waals surface area contributed by atoms with Gasteiger partial charge in [-0.2, -0.15) is 0 Å². The molecular weight excluding hydrogens is 179 g/mol. The smallest absolute Gasteiger partial charge is 0.324 e. The van der Waals surface area contributed by atoms with Crippen LogP contribution in [0.4, 0.5) is 0 Å². The zero-order chi connectivity index (χ0) is 10.6. The van der Waals surface area contributed by atoms with Crippen LogP contribution in [0.15, 0.2) is 0 Å². The number of carboxylic acids is 1. The molecule has 4 N–H and O–H groups in total. The number of hydrogen-bond acceptors (Lipinski definition) is 3. The number of carbonyl (C=O) groups is 1. The van der Waals surface area contributed by atoms with Crippen LogP contribution in [0.25, 0.3) is 0 Å². The first-order chi connectivity index (χ1) is 6.61. The van der Waals surface area contributed by atoms with Gasteiger partial charge in [-0.05, 0) is 6.42 Å². The number of nitrogens with one attached hydrogen (secondary N) is 1. The molecule has 1 unspecified atom stereocenters. The average Bonchev–Trinajstić information content (AvgIpc) is 2.01. The van der Waals surface area contributed by atoms with Gasteiger partial charge in [-0.3, -0.25) is 4.79 Å². The van der Waals surface area contributed by atoms with Crippen molar-refractivity contribution in [3.63, 3.8) is 0 Å². The highest BCUT2D eigenvalue weighted by Crippen LogP contribution is 2.25. The van der Waals surface area contributed by atoms with E-state index in [2.05, 4.69) is 5.32 Å². The molecule has 4 nitrogen and oxygen atoms in total. The quantitative estimate of drug-likeness (QED) is 0.404. The molecule has 1 atom stereocenters. The average molecular weight is 196 g/mol. The molecule has 0 aliphatic carbocycles. The Morgan fingerprint density at radius 1 is 1.57 bits per heavy atom. The molecular formula is C9H17BN2O2. The molecule has 78 valence electrons. The van der Waals surface area contributed by atoms with Crippen molar-refractivity contribution in [2.45, 2.75) is 31.1 Å². The minimum atomic E-state index is -1.06. The van der Waals surface area contributed by atoms with Crippen LogP contribution < -0.4 is 11.1 Å². The first-order valence-corrected chi connectivity index (χ1v) is 5.04. The highest BCUT2D eigenvalue weighted by atomic mass is 16.4. The molecule has 1 aliphatic rings. The van der Waals surface area contributed by atoms with Gasteiger partial charge >= 0.3 is 5.97 Å². The van der Waals surface area contributed by atoms with Gasteiger partial charge in [0.1, 0.15) is 5.54 Å². The Morgan fingerprint density at radius 3 is 2.57 bits per heavy atom. The van der Waals surface area contributed by atoms with Crippen LogP contribution in [0.2, 0.25) is 6.32 Å². The van der Waals surface area contributed by atoms with Crippen LogP contribution in [0.3, 0.4) is 0 Å². The summed E-state index contributed by atoms with van der Waals surface area (Å²) >= 11 is 0. The molecule has 5 heteroatoms. The van der Waals surface area contributed by atoms with Crippen molar-refractivity contribution in [2.75, 3.05) is 13.1 Å². The Balaban J connectivity index is 2.47. The van der Waals surface area contributed by atoms with Crippen LogP contribution in [0, 0.1) is 5.92 Å². The third-order valence-corrected chi connectivity index (χ3v) is 2.95. The molecule has 1 aliphatic heterocycles. The zero-order valence-corrected chi connectivity index (χ0v) is 8.33. The van der Waals surface area contributed by atoms with Gasteiger partial charge in [0, 0.05) is 19.0 Å². The lowest BCUT2D eigenvalue weighted by Gasteiger charge is -2.40. The molecule has 0 aromatic carbocycles. The second-order valence-electron chi connectivity index (χ2n) is 3.95. The molecule has 1 heterocycles. The first-order valence-electron chi connectivity index (χ1n) is 5.04. The summed E-state index contributed by atoms with van der Waals surface area (Å²) in [7, 11) is 5.36. The Labute approximate surface area is 85.7 Å². The minimum Gasteiger partial charge on any atom is -0.480 e. The second-order valence-corrected chi connectivity index (χ2v) is 3.95. The van der Waals surface area contributed by atoms with Gasteiger partial charge in [-0.1, -0.05) is 19.2 Å². The second kappa shape index (κ2) is 4.80. The predicted octanol–water partition coefficient (Wildman–Crippen LogP) is -0.255. The Morgan fingerprint density at radius 2 is 2.21 bits per heavy atom. The predicted molar refractivity (Wildman–Crippen MR) is 55.3 cm³/mol. The van der Waals surface area contributed by atoms with E-state index in [0.717, 1.165) is 12.8 Å².